The predicted molar refractivity (Wildman–Crippen MR) is 108 cm³/mol. The molecule has 1 aliphatic heterocycles. The minimum absolute atomic E-state index is 0.0636. The Morgan fingerprint density at radius 3 is 2.54 bits per heavy atom. The number of rotatable bonds is 4. The van der Waals surface area contributed by atoms with Gasteiger partial charge in [0.05, 0.1) is 24.1 Å². The molecule has 2 amide bonds. The highest BCUT2D eigenvalue weighted by molar-refractivity contribution is 7.90. The van der Waals surface area contributed by atoms with E-state index >= 15 is 0 Å². The van der Waals surface area contributed by atoms with Crippen LogP contribution in [0.4, 0.5) is 4.79 Å². The van der Waals surface area contributed by atoms with E-state index in [0.29, 0.717) is 24.7 Å². The topological polar surface area (TPSA) is 75.7 Å². The summed E-state index contributed by atoms with van der Waals surface area (Å²) in [5.41, 5.74) is 1.69. The van der Waals surface area contributed by atoms with Gasteiger partial charge in [-0.05, 0) is 30.7 Å². The molecule has 0 unspecified atom stereocenters. The molecule has 2 aromatic carbocycles. The summed E-state index contributed by atoms with van der Waals surface area (Å²) in [5, 5.41) is 3.51. The van der Waals surface area contributed by atoms with Gasteiger partial charge in [0.25, 0.3) is 0 Å². The Morgan fingerprint density at radius 2 is 1.89 bits per heavy atom. The second-order valence-corrected chi connectivity index (χ2v) is 9.34. The third-order valence-electron chi connectivity index (χ3n) is 4.74. The summed E-state index contributed by atoms with van der Waals surface area (Å²) in [6.45, 7) is 3.07. The molecule has 0 aromatic heterocycles. The van der Waals surface area contributed by atoms with Crippen LogP contribution in [0.1, 0.15) is 24.2 Å². The first-order valence-electron chi connectivity index (χ1n) is 8.95. The van der Waals surface area contributed by atoms with Crippen LogP contribution in [0, 0.1) is 0 Å². The van der Waals surface area contributed by atoms with E-state index in [9.17, 15) is 13.2 Å². The first kappa shape index (κ1) is 20.6. The molecule has 0 aliphatic carbocycles. The van der Waals surface area contributed by atoms with Crippen LogP contribution >= 0.6 is 11.6 Å². The lowest BCUT2D eigenvalue weighted by Crippen LogP contribution is -2.51. The van der Waals surface area contributed by atoms with Gasteiger partial charge >= 0.3 is 6.03 Å². The van der Waals surface area contributed by atoms with E-state index in [0.717, 1.165) is 11.1 Å². The van der Waals surface area contributed by atoms with Crippen LogP contribution in [-0.2, 0) is 21.1 Å². The molecule has 0 bridgehead atoms. The standard InChI is InChI=1S/C20H23ClN2O4S/c1-14-13-27-19(17-5-3-4-6-18(17)21)12-23(14)20(24)22-11-15-7-9-16(10-8-15)28(2,25)26/h3-10,14,19H,11-13H2,1-2H3,(H,22,24)/t14-,19+/m1/s1. The van der Waals surface area contributed by atoms with E-state index < -0.39 is 9.84 Å². The Balaban J connectivity index is 1.63. The Kier molecular flexibility index (Phi) is 6.27. The first-order valence-corrected chi connectivity index (χ1v) is 11.2. The van der Waals surface area contributed by atoms with E-state index in [1.165, 1.54) is 6.26 Å². The number of sulfone groups is 1. The second kappa shape index (κ2) is 8.51. The molecule has 1 fully saturated rings. The molecule has 1 saturated heterocycles. The van der Waals surface area contributed by atoms with Gasteiger partial charge in [-0.1, -0.05) is 41.9 Å². The fraction of sp³-hybridized carbons (Fsp3) is 0.350. The lowest BCUT2D eigenvalue weighted by atomic mass is 10.1. The highest BCUT2D eigenvalue weighted by Gasteiger charge is 2.31. The smallest absolute Gasteiger partial charge is 0.318 e. The van der Waals surface area contributed by atoms with Crippen LogP contribution in [-0.4, -0.2) is 44.8 Å². The van der Waals surface area contributed by atoms with Crippen LogP contribution in [0.15, 0.2) is 53.4 Å². The van der Waals surface area contributed by atoms with Crippen molar-refractivity contribution in [3.05, 3.63) is 64.7 Å². The summed E-state index contributed by atoms with van der Waals surface area (Å²) in [4.78, 5) is 14.7. The molecule has 2 aromatic rings. The van der Waals surface area contributed by atoms with E-state index in [2.05, 4.69) is 5.32 Å². The number of nitrogens with zero attached hydrogens (tertiary/aromatic N) is 1. The fourth-order valence-electron chi connectivity index (χ4n) is 3.10. The molecule has 0 saturated carbocycles. The molecule has 150 valence electrons. The van der Waals surface area contributed by atoms with Crippen LogP contribution in [0.3, 0.4) is 0 Å². The summed E-state index contributed by atoms with van der Waals surface area (Å²) < 4.78 is 28.9. The molecule has 6 nitrogen and oxygen atoms in total. The van der Waals surface area contributed by atoms with Gasteiger partial charge in [0.15, 0.2) is 9.84 Å². The average Bonchev–Trinajstić information content (AvgIpc) is 2.67. The molecular formula is C20H23ClN2O4S. The van der Waals surface area contributed by atoms with Crippen molar-refractivity contribution < 1.29 is 17.9 Å². The molecule has 2 atom stereocenters. The molecule has 1 heterocycles. The van der Waals surface area contributed by atoms with Crippen LogP contribution in [0.2, 0.25) is 5.02 Å². The normalized spacial score (nSPS) is 20.0. The van der Waals surface area contributed by atoms with E-state index in [4.69, 9.17) is 16.3 Å². The van der Waals surface area contributed by atoms with Gasteiger partial charge in [-0.25, -0.2) is 13.2 Å². The zero-order valence-electron chi connectivity index (χ0n) is 15.8. The van der Waals surface area contributed by atoms with Crippen molar-refractivity contribution in [2.75, 3.05) is 19.4 Å². The van der Waals surface area contributed by atoms with Crippen molar-refractivity contribution in [1.29, 1.82) is 0 Å². The Hall–Kier alpha value is -2.09. The number of benzene rings is 2. The molecular weight excluding hydrogens is 400 g/mol. The predicted octanol–water partition coefficient (Wildman–Crippen LogP) is 3.42. The number of nitrogens with one attached hydrogen (secondary N) is 1. The zero-order valence-corrected chi connectivity index (χ0v) is 17.3. The number of halogens is 1. The summed E-state index contributed by atoms with van der Waals surface area (Å²) in [6.07, 6.45) is 0.892. The first-order chi connectivity index (χ1) is 13.3. The maximum absolute atomic E-state index is 12.7. The highest BCUT2D eigenvalue weighted by atomic mass is 35.5. The summed E-state index contributed by atoms with van der Waals surface area (Å²) >= 11 is 6.27. The molecule has 28 heavy (non-hydrogen) atoms. The van der Waals surface area contributed by atoms with Gasteiger partial charge in [-0.3, -0.25) is 0 Å². The summed E-state index contributed by atoms with van der Waals surface area (Å²) in [5.74, 6) is 0. The highest BCUT2D eigenvalue weighted by Crippen LogP contribution is 2.29. The fourth-order valence-corrected chi connectivity index (χ4v) is 3.99. The van der Waals surface area contributed by atoms with Gasteiger partial charge in [0, 0.05) is 23.4 Å². The third-order valence-corrected chi connectivity index (χ3v) is 6.21. The number of morpholine rings is 1. The van der Waals surface area contributed by atoms with Crippen molar-refractivity contribution in [2.24, 2.45) is 0 Å². The van der Waals surface area contributed by atoms with Gasteiger partial charge in [-0.2, -0.15) is 0 Å². The average molecular weight is 423 g/mol. The Bertz CT molecular complexity index is 947. The number of amides is 2. The Morgan fingerprint density at radius 1 is 1.21 bits per heavy atom. The lowest BCUT2D eigenvalue weighted by molar-refractivity contribution is -0.0427. The van der Waals surface area contributed by atoms with Crippen molar-refractivity contribution >= 4 is 27.5 Å². The van der Waals surface area contributed by atoms with Crippen molar-refractivity contribution in [2.45, 2.75) is 30.5 Å². The summed E-state index contributed by atoms with van der Waals surface area (Å²) in [6, 6.07) is 13.7. The van der Waals surface area contributed by atoms with Gasteiger partial charge in [0.1, 0.15) is 6.10 Å². The largest absolute Gasteiger partial charge is 0.369 e. The zero-order chi connectivity index (χ0) is 20.3. The minimum atomic E-state index is -3.23. The van der Waals surface area contributed by atoms with E-state index in [1.54, 1.807) is 29.2 Å². The number of hydrogen-bond donors (Lipinski definition) is 1. The maximum Gasteiger partial charge on any atom is 0.318 e. The molecule has 8 heteroatoms. The van der Waals surface area contributed by atoms with Gasteiger partial charge < -0.3 is 15.0 Å². The van der Waals surface area contributed by atoms with Crippen molar-refractivity contribution in [3.8, 4) is 0 Å². The van der Waals surface area contributed by atoms with Crippen LogP contribution in [0.25, 0.3) is 0 Å². The number of hydrogen-bond acceptors (Lipinski definition) is 4. The monoisotopic (exact) mass is 422 g/mol. The Labute approximate surface area is 170 Å². The molecule has 1 N–H and O–H groups in total. The SMILES string of the molecule is C[C@@H]1CO[C@H](c2ccccc2Cl)CN1C(=O)NCc1ccc(S(C)(=O)=O)cc1. The van der Waals surface area contributed by atoms with Gasteiger partial charge in [-0.15, -0.1) is 0 Å². The second-order valence-electron chi connectivity index (χ2n) is 6.92. The van der Waals surface area contributed by atoms with Crippen molar-refractivity contribution in [3.63, 3.8) is 0 Å². The van der Waals surface area contributed by atoms with E-state index in [-0.39, 0.29) is 23.1 Å². The quantitative estimate of drug-likeness (QED) is 0.819. The van der Waals surface area contributed by atoms with E-state index in [1.807, 2.05) is 31.2 Å². The summed E-state index contributed by atoms with van der Waals surface area (Å²) in [7, 11) is -3.23. The molecule has 3 rings (SSSR count). The van der Waals surface area contributed by atoms with Crippen LogP contribution < -0.4 is 5.32 Å². The number of carbonyl (C=O) groups excluding carboxylic acids is 1. The van der Waals surface area contributed by atoms with Crippen molar-refractivity contribution in [1.82, 2.24) is 10.2 Å². The maximum atomic E-state index is 12.7. The molecule has 0 spiro atoms. The number of ether oxygens (including phenoxy) is 1. The third kappa shape index (κ3) is 4.84. The molecule has 1 aliphatic rings. The lowest BCUT2D eigenvalue weighted by Gasteiger charge is -2.38. The molecule has 0 radical (unpaired) electrons. The van der Waals surface area contributed by atoms with Crippen LogP contribution in [0.5, 0.6) is 0 Å². The number of urea groups is 1. The van der Waals surface area contributed by atoms with Gasteiger partial charge in [0.2, 0.25) is 0 Å². The minimum Gasteiger partial charge on any atom is -0.369 e. The number of carbonyl (C=O) groups is 1.